The van der Waals surface area contributed by atoms with Gasteiger partial charge in [-0.05, 0) is 30.8 Å². The van der Waals surface area contributed by atoms with Gasteiger partial charge in [0, 0.05) is 16.6 Å². The Morgan fingerprint density at radius 2 is 1.86 bits per heavy atom. The second-order valence-corrected chi connectivity index (χ2v) is 4.03. The fourth-order valence-electron chi connectivity index (χ4n) is 1.23. The molecule has 1 aromatic rings. The molecule has 14 heavy (non-hydrogen) atoms. The minimum atomic E-state index is 0.615. The molecule has 0 N–H and O–H groups in total. The monoisotopic (exact) mass is 227 g/mol. The minimum Gasteiger partial charge on any atom is -0.291 e. The van der Waals surface area contributed by atoms with Crippen molar-refractivity contribution in [2.45, 2.75) is 6.54 Å². The summed E-state index contributed by atoms with van der Waals surface area (Å²) in [6, 6.07) is 5.49. The molecule has 0 spiro atoms. The Kier molecular flexibility index (Phi) is 4.28. The van der Waals surface area contributed by atoms with Gasteiger partial charge in [-0.25, -0.2) is 0 Å². The summed E-state index contributed by atoms with van der Waals surface area (Å²) in [5, 5.41) is 1.31. The van der Waals surface area contributed by atoms with E-state index in [-0.39, 0.29) is 0 Å². The van der Waals surface area contributed by atoms with Gasteiger partial charge in [0.2, 0.25) is 0 Å². The van der Waals surface area contributed by atoms with Crippen LogP contribution in [0.3, 0.4) is 0 Å². The lowest BCUT2D eigenvalue weighted by Gasteiger charge is -2.13. The molecule has 0 aliphatic carbocycles. The maximum Gasteiger partial charge on any atom is 0.0599 e. The first-order valence-electron chi connectivity index (χ1n) is 4.19. The van der Waals surface area contributed by atoms with Crippen LogP contribution in [-0.4, -0.2) is 18.5 Å². The molecule has 0 amide bonds. The van der Waals surface area contributed by atoms with E-state index in [2.05, 4.69) is 5.92 Å². The van der Waals surface area contributed by atoms with E-state index in [1.165, 1.54) is 0 Å². The highest BCUT2D eigenvalue weighted by Gasteiger charge is 2.01. The second kappa shape index (κ2) is 5.26. The molecule has 0 atom stereocenters. The number of benzene rings is 1. The molecule has 0 radical (unpaired) electrons. The number of hydrogen-bond donors (Lipinski definition) is 0. The fraction of sp³-hybridized carbons (Fsp3) is 0.273. The first kappa shape index (κ1) is 11.4. The van der Waals surface area contributed by atoms with Gasteiger partial charge in [0.05, 0.1) is 6.54 Å². The van der Waals surface area contributed by atoms with Crippen molar-refractivity contribution in [1.29, 1.82) is 0 Å². The molecule has 1 nitrogen and oxygen atoms in total. The Balaban J connectivity index is 2.72. The molecule has 3 heteroatoms. The highest BCUT2D eigenvalue weighted by molar-refractivity contribution is 6.34. The highest BCUT2D eigenvalue weighted by atomic mass is 35.5. The Morgan fingerprint density at radius 1 is 1.29 bits per heavy atom. The smallest absolute Gasteiger partial charge is 0.0599 e. The topological polar surface area (TPSA) is 3.24 Å². The van der Waals surface area contributed by atoms with Crippen LogP contribution < -0.4 is 0 Å². The van der Waals surface area contributed by atoms with Crippen LogP contribution in [0.2, 0.25) is 10.0 Å². The van der Waals surface area contributed by atoms with Crippen molar-refractivity contribution in [3.05, 3.63) is 33.8 Å². The first-order valence-corrected chi connectivity index (χ1v) is 4.94. The number of halogens is 2. The quantitative estimate of drug-likeness (QED) is 0.718. The van der Waals surface area contributed by atoms with E-state index in [4.69, 9.17) is 29.6 Å². The van der Waals surface area contributed by atoms with Gasteiger partial charge < -0.3 is 0 Å². The predicted octanol–water partition coefficient (Wildman–Crippen LogP) is 3.06. The maximum absolute atomic E-state index is 5.87. The Labute approximate surface area is 94.6 Å². The number of hydrogen-bond acceptors (Lipinski definition) is 1. The van der Waals surface area contributed by atoms with Gasteiger partial charge in [-0.15, -0.1) is 6.42 Å². The first-order chi connectivity index (χ1) is 6.61. The van der Waals surface area contributed by atoms with Gasteiger partial charge in [0.1, 0.15) is 0 Å². The molecule has 0 bridgehead atoms. The molecule has 0 heterocycles. The van der Waals surface area contributed by atoms with Crippen molar-refractivity contribution in [3.63, 3.8) is 0 Å². The lowest BCUT2D eigenvalue weighted by atomic mass is 10.2. The lowest BCUT2D eigenvalue weighted by Crippen LogP contribution is -2.17. The number of nitrogens with zero attached hydrogens (tertiary/aromatic N) is 1. The molecule has 0 aliphatic heterocycles. The fourth-order valence-corrected chi connectivity index (χ4v) is 1.80. The SMILES string of the molecule is C#CCN(C)Cc1cc(Cl)cc(Cl)c1. The normalized spacial score (nSPS) is 10.2. The standard InChI is InChI=1S/C11H11Cl2N/c1-3-4-14(2)8-9-5-10(12)7-11(13)6-9/h1,5-7H,4,8H2,2H3. The van der Waals surface area contributed by atoms with E-state index in [1.807, 2.05) is 24.1 Å². The van der Waals surface area contributed by atoms with Crippen LogP contribution in [0, 0.1) is 12.3 Å². The summed E-state index contributed by atoms with van der Waals surface area (Å²) in [5.41, 5.74) is 1.07. The van der Waals surface area contributed by atoms with E-state index in [9.17, 15) is 0 Å². The highest BCUT2D eigenvalue weighted by Crippen LogP contribution is 2.19. The second-order valence-electron chi connectivity index (χ2n) is 3.15. The van der Waals surface area contributed by atoms with E-state index >= 15 is 0 Å². The average molecular weight is 228 g/mol. The van der Waals surface area contributed by atoms with E-state index in [0.717, 1.165) is 12.1 Å². The Bertz CT molecular complexity index is 335. The molecular formula is C11H11Cl2N. The Morgan fingerprint density at radius 3 is 2.36 bits per heavy atom. The van der Waals surface area contributed by atoms with Gasteiger partial charge in [0.25, 0.3) is 0 Å². The molecule has 0 fully saturated rings. The van der Waals surface area contributed by atoms with Crippen molar-refractivity contribution >= 4 is 23.2 Å². The van der Waals surface area contributed by atoms with E-state index < -0.39 is 0 Å². The van der Waals surface area contributed by atoms with Crippen molar-refractivity contribution in [1.82, 2.24) is 4.90 Å². The molecule has 1 aromatic carbocycles. The van der Waals surface area contributed by atoms with E-state index in [1.54, 1.807) is 6.07 Å². The van der Waals surface area contributed by atoms with Crippen LogP contribution in [0.1, 0.15) is 5.56 Å². The molecule has 0 saturated carbocycles. The number of rotatable bonds is 3. The van der Waals surface area contributed by atoms with Crippen molar-refractivity contribution in [2.24, 2.45) is 0 Å². The molecule has 0 aromatic heterocycles. The van der Waals surface area contributed by atoms with Crippen LogP contribution in [-0.2, 0) is 6.54 Å². The van der Waals surface area contributed by atoms with Crippen molar-refractivity contribution < 1.29 is 0 Å². The number of terminal acetylenes is 1. The minimum absolute atomic E-state index is 0.615. The summed E-state index contributed by atoms with van der Waals surface area (Å²) in [4.78, 5) is 2.02. The zero-order valence-electron chi connectivity index (χ0n) is 7.93. The van der Waals surface area contributed by atoms with Crippen molar-refractivity contribution in [3.8, 4) is 12.3 Å². The largest absolute Gasteiger partial charge is 0.291 e. The van der Waals surface area contributed by atoms with Gasteiger partial charge in [0.15, 0.2) is 0 Å². The molecule has 1 rings (SSSR count). The zero-order valence-corrected chi connectivity index (χ0v) is 9.44. The van der Waals surface area contributed by atoms with Gasteiger partial charge in [-0.1, -0.05) is 29.1 Å². The van der Waals surface area contributed by atoms with E-state index in [0.29, 0.717) is 16.6 Å². The summed E-state index contributed by atoms with van der Waals surface area (Å²) in [5.74, 6) is 2.58. The third kappa shape index (κ3) is 3.59. The molecule has 0 aliphatic rings. The van der Waals surface area contributed by atoms with Gasteiger partial charge in [-0.2, -0.15) is 0 Å². The predicted molar refractivity (Wildman–Crippen MR) is 61.6 cm³/mol. The van der Waals surface area contributed by atoms with Crippen molar-refractivity contribution in [2.75, 3.05) is 13.6 Å². The summed E-state index contributed by atoms with van der Waals surface area (Å²) in [6.45, 7) is 1.37. The van der Waals surface area contributed by atoms with Crippen LogP contribution in [0.15, 0.2) is 18.2 Å². The summed E-state index contributed by atoms with van der Waals surface area (Å²) in [7, 11) is 1.95. The van der Waals surface area contributed by atoms with Gasteiger partial charge in [-0.3, -0.25) is 4.90 Å². The summed E-state index contributed by atoms with van der Waals surface area (Å²) >= 11 is 11.7. The third-order valence-electron chi connectivity index (χ3n) is 1.74. The molecule has 0 unspecified atom stereocenters. The van der Waals surface area contributed by atoms with Gasteiger partial charge >= 0.3 is 0 Å². The maximum atomic E-state index is 5.87. The third-order valence-corrected chi connectivity index (χ3v) is 2.17. The van der Waals surface area contributed by atoms with Crippen LogP contribution >= 0.6 is 23.2 Å². The molecular weight excluding hydrogens is 217 g/mol. The summed E-state index contributed by atoms with van der Waals surface area (Å²) in [6.07, 6.45) is 5.20. The van der Waals surface area contributed by atoms with Crippen LogP contribution in [0.25, 0.3) is 0 Å². The summed E-state index contributed by atoms with van der Waals surface area (Å²) < 4.78 is 0. The van der Waals surface area contributed by atoms with Crippen LogP contribution in [0.5, 0.6) is 0 Å². The molecule has 0 saturated heterocycles. The molecule has 74 valence electrons. The lowest BCUT2D eigenvalue weighted by molar-refractivity contribution is 0.369. The zero-order chi connectivity index (χ0) is 10.6. The van der Waals surface area contributed by atoms with Crippen LogP contribution in [0.4, 0.5) is 0 Å². The average Bonchev–Trinajstić information content (AvgIpc) is 2.01. The Hall–Kier alpha value is -0.680.